The Balaban J connectivity index is 1.43. The largest absolute Gasteiger partial charge is 0.454 e. The molecule has 7 nitrogen and oxygen atoms in total. The van der Waals surface area contributed by atoms with Crippen LogP contribution in [0.25, 0.3) is 0 Å². The first-order valence-corrected chi connectivity index (χ1v) is 12.9. The lowest BCUT2D eigenvalue weighted by Gasteiger charge is -2.25. The van der Waals surface area contributed by atoms with E-state index in [9.17, 15) is 13.2 Å². The molecular weight excluding hydrogens is 412 g/mol. The molecule has 5 rings (SSSR count). The van der Waals surface area contributed by atoms with Crippen LogP contribution in [0.1, 0.15) is 38.5 Å². The first kappa shape index (κ1) is 19.2. The van der Waals surface area contributed by atoms with Crippen LogP contribution in [-0.2, 0) is 14.6 Å². The summed E-state index contributed by atoms with van der Waals surface area (Å²) in [7, 11) is -3.09. The van der Waals surface area contributed by atoms with Crippen LogP contribution < -0.4 is 14.4 Å². The minimum absolute atomic E-state index is 0.0783. The Morgan fingerprint density at radius 2 is 1.93 bits per heavy atom. The number of thioether (sulfide) groups is 1. The molecule has 2 saturated heterocycles. The van der Waals surface area contributed by atoms with Crippen LogP contribution in [-0.4, -0.2) is 49.1 Å². The smallest absolute Gasteiger partial charge is 0.248 e. The molecule has 0 aromatic heterocycles. The summed E-state index contributed by atoms with van der Waals surface area (Å²) in [5.41, 5.74) is 0.788. The normalized spacial score (nSPS) is 29.4. The zero-order chi connectivity index (χ0) is 20.0. The summed E-state index contributed by atoms with van der Waals surface area (Å²) < 4.78 is 35.3. The van der Waals surface area contributed by atoms with Crippen molar-refractivity contribution in [3.8, 4) is 11.5 Å². The second kappa shape index (κ2) is 7.50. The maximum atomic E-state index is 12.7. The number of nitrogens with zero attached hydrogens (tertiary/aromatic N) is 2. The predicted octanol–water partition coefficient (Wildman–Crippen LogP) is 2.99. The van der Waals surface area contributed by atoms with Gasteiger partial charge in [0, 0.05) is 23.4 Å². The zero-order valence-electron chi connectivity index (χ0n) is 16.1. The van der Waals surface area contributed by atoms with Gasteiger partial charge in [-0.25, -0.2) is 8.42 Å². The van der Waals surface area contributed by atoms with E-state index in [-0.39, 0.29) is 35.5 Å². The molecule has 3 aliphatic heterocycles. The fourth-order valence-electron chi connectivity index (χ4n) is 4.69. The van der Waals surface area contributed by atoms with E-state index in [4.69, 9.17) is 9.47 Å². The van der Waals surface area contributed by atoms with Crippen LogP contribution in [0.4, 0.5) is 5.69 Å². The van der Waals surface area contributed by atoms with Crippen LogP contribution in [0.5, 0.6) is 11.5 Å². The standard InChI is InChI=1S/C20H24N2O5S2/c23-19(8-13-4-2-1-3-5-13)21-20-22(15-10-29(24,25)11-18(15)28-20)14-6-7-16-17(9-14)27-12-26-16/h6-7,9,13,15,18H,1-5,8,10-12H2/t15-,18+/m1/s1. The molecule has 156 valence electrons. The third-order valence-corrected chi connectivity index (χ3v) is 9.32. The average molecular weight is 437 g/mol. The van der Waals surface area contributed by atoms with Gasteiger partial charge in [-0.05, 0) is 30.9 Å². The monoisotopic (exact) mass is 436 g/mol. The van der Waals surface area contributed by atoms with Crippen molar-refractivity contribution < 1.29 is 22.7 Å². The van der Waals surface area contributed by atoms with Gasteiger partial charge in [0.2, 0.25) is 12.7 Å². The molecule has 0 radical (unpaired) electrons. The highest BCUT2D eigenvalue weighted by Crippen LogP contribution is 2.44. The summed E-state index contributed by atoms with van der Waals surface area (Å²) in [5, 5.41) is 0.501. The van der Waals surface area contributed by atoms with Gasteiger partial charge in [0.25, 0.3) is 0 Å². The molecule has 3 heterocycles. The lowest BCUT2D eigenvalue weighted by Crippen LogP contribution is -2.37. The number of fused-ring (bicyclic) bond motifs is 2. The van der Waals surface area contributed by atoms with Crippen molar-refractivity contribution in [1.82, 2.24) is 0 Å². The summed E-state index contributed by atoms with van der Waals surface area (Å²) in [6.07, 6.45) is 6.30. The van der Waals surface area contributed by atoms with Crippen LogP contribution in [0.2, 0.25) is 0 Å². The van der Waals surface area contributed by atoms with Gasteiger partial charge < -0.3 is 14.4 Å². The maximum Gasteiger partial charge on any atom is 0.248 e. The van der Waals surface area contributed by atoms with Crippen molar-refractivity contribution >= 4 is 38.4 Å². The van der Waals surface area contributed by atoms with Crippen molar-refractivity contribution in [3.63, 3.8) is 0 Å². The first-order chi connectivity index (χ1) is 14.0. The Labute approximate surface area is 174 Å². The number of amides is 1. The van der Waals surface area contributed by atoms with E-state index >= 15 is 0 Å². The molecular formula is C20H24N2O5S2. The molecule has 0 unspecified atom stereocenters. The SMILES string of the molecule is O=C(CC1CCCCC1)N=C1S[C@H]2CS(=O)(=O)C[C@H]2N1c1ccc2c(c1)OCO2. The van der Waals surface area contributed by atoms with Gasteiger partial charge in [0.05, 0.1) is 17.5 Å². The Morgan fingerprint density at radius 1 is 1.14 bits per heavy atom. The fourth-order valence-corrected chi connectivity index (χ4v) is 8.62. The van der Waals surface area contributed by atoms with Gasteiger partial charge in [-0.1, -0.05) is 31.0 Å². The predicted molar refractivity (Wildman–Crippen MR) is 112 cm³/mol. The zero-order valence-corrected chi connectivity index (χ0v) is 17.7. The van der Waals surface area contributed by atoms with Crippen LogP contribution >= 0.6 is 11.8 Å². The van der Waals surface area contributed by atoms with Gasteiger partial charge in [0.15, 0.2) is 26.5 Å². The van der Waals surface area contributed by atoms with Crippen LogP contribution in [0.15, 0.2) is 23.2 Å². The van der Waals surface area contributed by atoms with E-state index in [1.165, 1.54) is 31.0 Å². The molecule has 1 saturated carbocycles. The van der Waals surface area contributed by atoms with E-state index in [0.717, 1.165) is 18.5 Å². The van der Waals surface area contributed by atoms with E-state index in [1.54, 1.807) is 0 Å². The summed E-state index contributed by atoms with van der Waals surface area (Å²) >= 11 is 1.41. The van der Waals surface area contributed by atoms with Gasteiger partial charge in [-0.3, -0.25) is 4.79 Å². The number of rotatable bonds is 3. The number of benzene rings is 1. The topological polar surface area (TPSA) is 85.3 Å². The van der Waals surface area contributed by atoms with Crippen molar-refractivity contribution in [2.75, 3.05) is 23.2 Å². The number of anilines is 1. The molecule has 0 spiro atoms. The number of hydrogen-bond acceptors (Lipinski definition) is 6. The number of carbonyl (C=O) groups is 1. The molecule has 1 aromatic rings. The summed E-state index contributed by atoms with van der Waals surface area (Å²) in [4.78, 5) is 19.1. The number of amidine groups is 1. The summed E-state index contributed by atoms with van der Waals surface area (Å²) in [6.45, 7) is 0.175. The number of ether oxygens (including phenoxy) is 2. The van der Waals surface area contributed by atoms with Crippen LogP contribution in [0.3, 0.4) is 0 Å². The molecule has 1 amide bonds. The molecule has 4 aliphatic rings. The van der Waals surface area contributed by atoms with E-state index in [1.807, 2.05) is 23.1 Å². The lowest BCUT2D eigenvalue weighted by atomic mass is 9.87. The minimum atomic E-state index is -3.09. The van der Waals surface area contributed by atoms with Gasteiger partial charge in [-0.2, -0.15) is 4.99 Å². The number of sulfone groups is 1. The Morgan fingerprint density at radius 3 is 2.76 bits per heavy atom. The lowest BCUT2D eigenvalue weighted by molar-refractivity contribution is -0.118. The highest BCUT2D eigenvalue weighted by molar-refractivity contribution is 8.16. The van der Waals surface area contributed by atoms with Crippen molar-refractivity contribution in [1.29, 1.82) is 0 Å². The van der Waals surface area contributed by atoms with E-state index in [0.29, 0.717) is 29.0 Å². The van der Waals surface area contributed by atoms with Crippen molar-refractivity contribution in [2.24, 2.45) is 10.9 Å². The number of aliphatic imine (C=N–C) groups is 1. The molecule has 9 heteroatoms. The quantitative estimate of drug-likeness (QED) is 0.720. The van der Waals surface area contributed by atoms with Gasteiger partial charge in [-0.15, -0.1) is 0 Å². The molecule has 1 aromatic carbocycles. The molecule has 3 fully saturated rings. The van der Waals surface area contributed by atoms with E-state index < -0.39 is 9.84 Å². The summed E-state index contributed by atoms with van der Waals surface area (Å²) in [6, 6.07) is 5.33. The molecule has 2 atom stereocenters. The number of hydrogen-bond donors (Lipinski definition) is 0. The maximum absolute atomic E-state index is 12.7. The highest BCUT2D eigenvalue weighted by atomic mass is 32.2. The Kier molecular flexibility index (Phi) is 4.98. The summed E-state index contributed by atoms with van der Waals surface area (Å²) in [5.74, 6) is 1.82. The van der Waals surface area contributed by atoms with Crippen molar-refractivity contribution in [3.05, 3.63) is 18.2 Å². The molecule has 0 N–H and O–H groups in total. The highest BCUT2D eigenvalue weighted by Gasteiger charge is 2.49. The van der Waals surface area contributed by atoms with Gasteiger partial charge >= 0.3 is 0 Å². The minimum Gasteiger partial charge on any atom is -0.454 e. The average Bonchev–Trinajstić information content (AvgIpc) is 3.33. The third kappa shape index (κ3) is 3.86. The number of carbonyl (C=O) groups excluding carboxylic acids is 1. The molecule has 29 heavy (non-hydrogen) atoms. The first-order valence-electron chi connectivity index (χ1n) is 10.2. The second-order valence-electron chi connectivity index (χ2n) is 8.20. The second-order valence-corrected chi connectivity index (χ2v) is 11.6. The Hall–Kier alpha value is -1.74. The van der Waals surface area contributed by atoms with Crippen molar-refractivity contribution in [2.45, 2.75) is 49.8 Å². The third-order valence-electron chi connectivity index (χ3n) is 6.11. The fraction of sp³-hybridized carbons (Fsp3) is 0.600. The molecule has 1 aliphatic carbocycles. The molecule has 0 bridgehead atoms. The Bertz CT molecular complexity index is 956. The van der Waals surface area contributed by atoms with Crippen LogP contribution in [0, 0.1) is 5.92 Å². The van der Waals surface area contributed by atoms with E-state index in [2.05, 4.69) is 4.99 Å². The van der Waals surface area contributed by atoms with Gasteiger partial charge in [0.1, 0.15) is 0 Å².